The first-order valence-electron chi connectivity index (χ1n) is 8.83. The minimum Gasteiger partial charge on any atom is -0.301 e. The highest BCUT2D eigenvalue weighted by atomic mass is 35.5. The zero-order chi connectivity index (χ0) is 16.8. The van der Waals surface area contributed by atoms with E-state index in [-0.39, 0.29) is 5.41 Å². The third-order valence-electron chi connectivity index (χ3n) is 5.14. The average Bonchev–Trinajstić information content (AvgIpc) is 2.62. The molecule has 2 nitrogen and oxygen atoms in total. The van der Waals surface area contributed by atoms with Crippen molar-refractivity contribution < 1.29 is 0 Å². The third-order valence-corrected chi connectivity index (χ3v) is 5.66. The Morgan fingerprint density at radius 2 is 1.67 bits per heavy atom. The van der Waals surface area contributed by atoms with Crippen molar-refractivity contribution in [2.45, 2.75) is 18.3 Å². The second-order valence-electron chi connectivity index (χ2n) is 6.81. The highest BCUT2D eigenvalue weighted by molar-refractivity contribution is 6.30. The first-order valence-corrected chi connectivity index (χ1v) is 9.74. The van der Waals surface area contributed by atoms with Gasteiger partial charge in [-0.3, -0.25) is 4.90 Å². The maximum absolute atomic E-state index is 6.09. The van der Waals surface area contributed by atoms with E-state index in [1.807, 2.05) is 12.1 Å². The fraction of sp³-hybridized carbons (Fsp3) is 0.500. The lowest BCUT2D eigenvalue weighted by molar-refractivity contribution is 0.117. The first-order chi connectivity index (χ1) is 11.7. The molecule has 1 aliphatic carbocycles. The predicted octanol–water partition coefficient (Wildman–Crippen LogP) is 4.34. The number of alkyl halides is 1. The third kappa shape index (κ3) is 4.43. The van der Waals surface area contributed by atoms with E-state index in [1.165, 1.54) is 5.56 Å². The topological polar surface area (TPSA) is 6.48 Å². The van der Waals surface area contributed by atoms with Gasteiger partial charge < -0.3 is 4.90 Å². The average molecular weight is 365 g/mol. The molecule has 0 N–H and O–H groups in total. The summed E-state index contributed by atoms with van der Waals surface area (Å²) < 4.78 is 0. The standard InChI is InChI=1S/C20H26Cl2N2/c21-11-4-12-23-13-15-24(16-14-23)17-20(9-2-1-3-10-20)18-5-7-19(22)8-6-18/h1-3,5-9H,4,10-17H2/t20-/m1/s1. The lowest BCUT2D eigenvalue weighted by Gasteiger charge is -2.41. The number of piperazine rings is 1. The molecular weight excluding hydrogens is 339 g/mol. The molecule has 0 amide bonds. The Kier molecular flexibility index (Phi) is 6.40. The fourth-order valence-electron chi connectivity index (χ4n) is 3.72. The second kappa shape index (κ2) is 8.53. The smallest absolute Gasteiger partial charge is 0.0406 e. The van der Waals surface area contributed by atoms with Gasteiger partial charge in [-0.2, -0.15) is 0 Å². The molecule has 24 heavy (non-hydrogen) atoms. The van der Waals surface area contributed by atoms with Gasteiger partial charge in [0.05, 0.1) is 0 Å². The molecular formula is C20H26Cl2N2. The summed E-state index contributed by atoms with van der Waals surface area (Å²) in [5.74, 6) is 0.761. The van der Waals surface area contributed by atoms with Crippen LogP contribution in [0.4, 0.5) is 0 Å². The summed E-state index contributed by atoms with van der Waals surface area (Å²) in [6.07, 6.45) is 11.1. The van der Waals surface area contributed by atoms with E-state index in [0.717, 1.165) is 63.0 Å². The van der Waals surface area contributed by atoms with Crippen LogP contribution in [0.2, 0.25) is 5.02 Å². The highest BCUT2D eigenvalue weighted by Crippen LogP contribution is 2.34. The van der Waals surface area contributed by atoms with Gasteiger partial charge in [-0.15, -0.1) is 11.6 Å². The van der Waals surface area contributed by atoms with Crippen LogP contribution in [0.25, 0.3) is 0 Å². The summed E-state index contributed by atoms with van der Waals surface area (Å²) >= 11 is 11.9. The molecule has 1 aromatic rings. The van der Waals surface area contributed by atoms with Gasteiger partial charge in [0, 0.05) is 49.0 Å². The lowest BCUT2D eigenvalue weighted by Crippen LogP contribution is -2.50. The maximum Gasteiger partial charge on any atom is 0.0406 e. The monoisotopic (exact) mass is 364 g/mol. The maximum atomic E-state index is 6.09. The predicted molar refractivity (Wildman–Crippen MR) is 104 cm³/mol. The molecule has 1 atom stereocenters. The SMILES string of the molecule is ClCCCN1CCN(C[C@@]2(c3ccc(Cl)cc3)C=CC=CC2)CC1. The Morgan fingerprint density at radius 3 is 2.29 bits per heavy atom. The normalized spacial score (nSPS) is 25.2. The van der Waals surface area contributed by atoms with Gasteiger partial charge in [0.1, 0.15) is 0 Å². The number of allylic oxidation sites excluding steroid dienone is 3. The molecule has 1 aliphatic heterocycles. The van der Waals surface area contributed by atoms with Gasteiger partial charge in [-0.25, -0.2) is 0 Å². The van der Waals surface area contributed by atoms with Gasteiger partial charge in [-0.1, -0.05) is 48.0 Å². The number of rotatable bonds is 6. The second-order valence-corrected chi connectivity index (χ2v) is 7.63. The number of benzene rings is 1. The summed E-state index contributed by atoms with van der Waals surface area (Å²) in [7, 11) is 0. The molecule has 0 unspecified atom stereocenters. The molecule has 2 aliphatic rings. The van der Waals surface area contributed by atoms with Crippen LogP contribution in [-0.4, -0.2) is 54.9 Å². The number of nitrogens with zero attached hydrogens (tertiary/aromatic N) is 2. The lowest BCUT2D eigenvalue weighted by atomic mass is 9.75. The zero-order valence-corrected chi connectivity index (χ0v) is 15.6. The molecule has 1 saturated heterocycles. The van der Waals surface area contributed by atoms with Crippen LogP contribution in [0, 0.1) is 0 Å². The summed E-state index contributed by atoms with van der Waals surface area (Å²) in [5, 5.41) is 0.803. The molecule has 3 rings (SSSR count). The molecule has 130 valence electrons. The van der Waals surface area contributed by atoms with Crippen molar-refractivity contribution in [3.05, 3.63) is 59.2 Å². The number of hydrogen-bond donors (Lipinski definition) is 0. The van der Waals surface area contributed by atoms with Gasteiger partial charge in [0.25, 0.3) is 0 Å². The van der Waals surface area contributed by atoms with Gasteiger partial charge >= 0.3 is 0 Å². The highest BCUT2D eigenvalue weighted by Gasteiger charge is 2.32. The van der Waals surface area contributed by atoms with E-state index >= 15 is 0 Å². The molecule has 1 heterocycles. The summed E-state index contributed by atoms with van der Waals surface area (Å²) in [5.41, 5.74) is 1.43. The zero-order valence-electron chi connectivity index (χ0n) is 14.1. The molecule has 0 saturated carbocycles. The first kappa shape index (κ1) is 18.0. The Morgan fingerprint density at radius 1 is 0.958 bits per heavy atom. The molecule has 4 heteroatoms. The molecule has 0 aromatic heterocycles. The Balaban J connectivity index is 1.67. The summed E-state index contributed by atoms with van der Waals surface area (Å²) in [6.45, 7) is 6.76. The van der Waals surface area contributed by atoms with Crippen LogP contribution in [0.3, 0.4) is 0 Å². The minimum absolute atomic E-state index is 0.0671. The summed E-state index contributed by atoms with van der Waals surface area (Å²) in [6, 6.07) is 8.38. The molecule has 1 fully saturated rings. The van der Waals surface area contributed by atoms with Crippen molar-refractivity contribution in [2.75, 3.05) is 45.1 Å². The van der Waals surface area contributed by atoms with Crippen molar-refractivity contribution in [3.8, 4) is 0 Å². The van der Waals surface area contributed by atoms with E-state index < -0.39 is 0 Å². The number of hydrogen-bond acceptors (Lipinski definition) is 2. The van der Waals surface area contributed by atoms with Gasteiger partial charge in [0.15, 0.2) is 0 Å². The van der Waals surface area contributed by atoms with E-state index in [0.29, 0.717) is 0 Å². The van der Waals surface area contributed by atoms with Crippen molar-refractivity contribution in [2.24, 2.45) is 0 Å². The van der Waals surface area contributed by atoms with Crippen molar-refractivity contribution in [3.63, 3.8) is 0 Å². The largest absolute Gasteiger partial charge is 0.301 e. The summed E-state index contributed by atoms with van der Waals surface area (Å²) in [4.78, 5) is 5.14. The molecule has 0 bridgehead atoms. The van der Waals surface area contributed by atoms with Gasteiger partial charge in [0.2, 0.25) is 0 Å². The van der Waals surface area contributed by atoms with Crippen molar-refractivity contribution in [1.82, 2.24) is 9.80 Å². The van der Waals surface area contributed by atoms with Gasteiger partial charge in [-0.05, 0) is 37.1 Å². The van der Waals surface area contributed by atoms with Crippen LogP contribution in [-0.2, 0) is 5.41 Å². The van der Waals surface area contributed by atoms with Crippen LogP contribution >= 0.6 is 23.2 Å². The number of halogens is 2. The Labute approximate surface area is 155 Å². The van der Waals surface area contributed by atoms with Crippen molar-refractivity contribution >= 4 is 23.2 Å². The van der Waals surface area contributed by atoms with Crippen molar-refractivity contribution in [1.29, 1.82) is 0 Å². The molecule has 1 aromatic carbocycles. The van der Waals surface area contributed by atoms with E-state index in [2.05, 4.69) is 46.2 Å². The van der Waals surface area contributed by atoms with E-state index in [1.54, 1.807) is 0 Å². The minimum atomic E-state index is 0.0671. The Hall–Kier alpha value is -0.800. The van der Waals surface area contributed by atoms with E-state index in [4.69, 9.17) is 23.2 Å². The van der Waals surface area contributed by atoms with E-state index in [9.17, 15) is 0 Å². The quantitative estimate of drug-likeness (QED) is 0.692. The van der Waals surface area contributed by atoms with Crippen LogP contribution < -0.4 is 0 Å². The molecule has 0 radical (unpaired) electrons. The van der Waals surface area contributed by atoms with Crippen LogP contribution in [0.15, 0.2) is 48.6 Å². The molecule has 0 spiro atoms. The van der Waals surface area contributed by atoms with Crippen LogP contribution in [0.5, 0.6) is 0 Å². The van der Waals surface area contributed by atoms with Crippen LogP contribution in [0.1, 0.15) is 18.4 Å². The fourth-order valence-corrected chi connectivity index (χ4v) is 3.97. The Bertz CT molecular complexity index is 574.